The van der Waals surface area contributed by atoms with Gasteiger partial charge in [0.25, 0.3) is 0 Å². The largest absolute Gasteiger partial charge is 0.433 e. The Morgan fingerprint density at radius 1 is 1.09 bits per heavy atom. The second kappa shape index (κ2) is 5.57. The highest BCUT2D eigenvalue weighted by Crippen LogP contribution is 2.26. The lowest BCUT2D eigenvalue weighted by atomic mass is 10.1. The van der Waals surface area contributed by atoms with Crippen LogP contribution in [0.4, 0.5) is 13.2 Å². The average molecular weight is 321 g/mol. The molecule has 4 nitrogen and oxygen atoms in total. The number of alkyl halides is 3. The van der Waals surface area contributed by atoms with Crippen molar-refractivity contribution < 1.29 is 17.9 Å². The summed E-state index contributed by atoms with van der Waals surface area (Å²) in [5, 5.41) is 0. The van der Waals surface area contributed by atoms with E-state index in [1.165, 1.54) is 25.3 Å². The maximum Gasteiger partial charge on any atom is 0.394 e. The monoisotopic (exact) mass is 321 g/mol. The Hall–Kier alpha value is -2.57. The van der Waals surface area contributed by atoms with E-state index in [0.717, 1.165) is 5.56 Å². The van der Waals surface area contributed by atoms with Crippen LogP contribution in [0.1, 0.15) is 25.8 Å². The minimum atomic E-state index is -3.23. The van der Waals surface area contributed by atoms with Gasteiger partial charge in [0.15, 0.2) is 11.8 Å². The first kappa shape index (κ1) is 15.3. The molecule has 0 aliphatic heterocycles. The lowest BCUT2D eigenvalue weighted by molar-refractivity contribution is -0.158. The molecule has 3 aromatic rings. The molecule has 1 aromatic carbocycles. The lowest BCUT2D eigenvalue weighted by Crippen LogP contribution is -2.18. The number of halogens is 3. The number of fused-ring (bicyclic) bond motifs is 1. The van der Waals surface area contributed by atoms with Crippen molar-refractivity contribution in [3.63, 3.8) is 0 Å². The fourth-order valence-electron chi connectivity index (χ4n) is 2.27. The van der Waals surface area contributed by atoms with Crippen LogP contribution < -0.4 is 4.74 Å². The van der Waals surface area contributed by atoms with Gasteiger partial charge in [-0.15, -0.1) is 0 Å². The molecule has 120 valence electrons. The van der Waals surface area contributed by atoms with Crippen LogP contribution in [-0.2, 0) is 0 Å². The van der Waals surface area contributed by atoms with Crippen LogP contribution in [0.15, 0.2) is 42.9 Å². The van der Waals surface area contributed by atoms with Crippen molar-refractivity contribution in [3.05, 3.63) is 48.7 Å². The van der Waals surface area contributed by atoms with Gasteiger partial charge in [-0.25, -0.2) is 14.4 Å². The van der Waals surface area contributed by atoms with E-state index in [1.807, 2.05) is 0 Å². The molecule has 2 aromatic heterocycles. The highest BCUT2D eigenvalue weighted by atomic mass is 19.3. The van der Waals surface area contributed by atoms with Gasteiger partial charge in [0.1, 0.15) is 11.6 Å². The van der Waals surface area contributed by atoms with Crippen LogP contribution >= 0.6 is 0 Å². The molecule has 0 radical (unpaired) electrons. The molecule has 0 fully saturated rings. The van der Waals surface area contributed by atoms with Gasteiger partial charge in [-0.1, -0.05) is 12.1 Å². The molecule has 1 atom stereocenters. The summed E-state index contributed by atoms with van der Waals surface area (Å²) in [6, 6.07) is 6.17. The van der Waals surface area contributed by atoms with Crippen LogP contribution in [0.2, 0.25) is 0 Å². The second-order valence-electron chi connectivity index (χ2n) is 5.24. The molecule has 0 N–H and O–H groups in total. The maximum atomic E-state index is 13.5. The number of hydrogen-bond donors (Lipinski definition) is 0. The zero-order valence-corrected chi connectivity index (χ0v) is 12.5. The SMILES string of the molecule is CC(F)c1ncc2ncc(-c3ccc(OC(C)(F)F)cc3)cn12. The quantitative estimate of drug-likeness (QED) is 0.714. The first-order valence-corrected chi connectivity index (χ1v) is 6.98. The molecule has 0 spiro atoms. The number of hydrogen-bond acceptors (Lipinski definition) is 3. The fourth-order valence-corrected chi connectivity index (χ4v) is 2.27. The van der Waals surface area contributed by atoms with Gasteiger partial charge in [0.2, 0.25) is 0 Å². The third-order valence-corrected chi connectivity index (χ3v) is 3.25. The van der Waals surface area contributed by atoms with Crippen molar-refractivity contribution in [1.82, 2.24) is 14.4 Å². The normalized spacial score (nSPS) is 13.3. The topological polar surface area (TPSA) is 39.4 Å². The Labute approximate surface area is 130 Å². The van der Waals surface area contributed by atoms with Crippen LogP contribution in [0, 0.1) is 0 Å². The Balaban J connectivity index is 1.95. The summed E-state index contributed by atoms with van der Waals surface area (Å²) in [5.41, 5.74) is 2.00. The molecule has 0 saturated carbocycles. The zero-order valence-electron chi connectivity index (χ0n) is 12.5. The molecule has 7 heteroatoms. The van der Waals surface area contributed by atoms with Crippen LogP contribution in [0.3, 0.4) is 0 Å². The standard InChI is InChI=1S/C16H14F3N3O/c1-10(17)15-21-8-14-20-7-12(9-22(14)15)11-3-5-13(6-4-11)23-16(2,18)19/h3-10H,1-2H3. The van der Waals surface area contributed by atoms with E-state index >= 15 is 0 Å². The van der Waals surface area contributed by atoms with E-state index < -0.39 is 12.3 Å². The summed E-state index contributed by atoms with van der Waals surface area (Å²) in [6.07, 6.45) is 0.372. The molecule has 0 amide bonds. The van der Waals surface area contributed by atoms with Crippen LogP contribution in [-0.4, -0.2) is 20.5 Å². The summed E-state index contributed by atoms with van der Waals surface area (Å²) in [5.74, 6) is 0.330. The van der Waals surface area contributed by atoms with Crippen molar-refractivity contribution in [2.75, 3.05) is 0 Å². The molecule has 23 heavy (non-hydrogen) atoms. The third-order valence-electron chi connectivity index (χ3n) is 3.25. The van der Waals surface area contributed by atoms with Gasteiger partial charge in [0, 0.05) is 24.9 Å². The number of aromatic nitrogens is 3. The Morgan fingerprint density at radius 2 is 1.78 bits per heavy atom. The highest BCUT2D eigenvalue weighted by molar-refractivity contribution is 5.63. The minimum absolute atomic E-state index is 0.0657. The summed E-state index contributed by atoms with van der Waals surface area (Å²) >= 11 is 0. The molecular weight excluding hydrogens is 307 g/mol. The number of imidazole rings is 1. The van der Waals surface area contributed by atoms with Crippen LogP contribution in [0.5, 0.6) is 5.75 Å². The van der Waals surface area contributed by atoms with Crippen molar-refractivity contribution in [2.45, 2.75) is 26.1 Å². The van der Waals surface area contributed by atoms with E-state index in [4.69, 9.17) is 0 Å². The van der Waals surface area contributed by atoms with E-state index in [2.05, 4.69) is 14.7 Å². The van der Waals surface area contributed by atoms with Crippen molar-refractivity contribution in [3.8, 4) is 16.9 Å². The number of benzene rings is 1. The second-order valence-corrected chi connectivity index (χ2v) is 5.24. The molecule has 0 aliphatic carbocycles. The zero-order chi connectivity index (χ0) is 16.6. The van der Waals surface area contributed by atoms with Gasteiger partial charge in [-0.2, -0.15) is 8.78 Å². The maximum absolute atomic E-state index is 13.5. The van der Waals surface area contributed by atoms with Gasteiger partial charge in [-0.05, 0) is 24.6 Å². The predicted octanol–water partition coefficient (Wildman–Crippen LogP) is 4.42. The van der Waals surface area contributed by atoms with Crippen LogP contribution in [0.25, 0.3) is 16.8 Å². The minimum Gasteiger partial charge on any atom is -0.433 e. The van der Waals surface area contributed by atoms with Gasteiger partial charge >= 0.3 is 6.11 Å². The van der Waals surface area contributed by atoms with Gasteiger partial charge in [-0.3, -0.25) is 4.40 Å². The van der Waals surface area contributed by atoms with Gasteiger partial charge in [0.05, 0.1) is 6.20 Å². The Bertz CT molecular complexity index is 823. The first-order valence-electron chi connectivity index (χ1n) is 6.98. The Morgan fingerprint density at radius 3 is 2.39 bits per heavy atom. The average Bonchev–Trinajstić information content (AvgIpc) is 2.89. The summed E-state index contributed by atoms with van der Waals surface area (Å²) in [7, 11) is 0. The molecule has 2 heterocycles. The highest BCUT2D eigenvalue weighted by Gasteiger charge is 2.23. The molecular formula is C16H14F3N3O. The number of nitrogens with zero attached hydrogens (tertiary/aromatic N) is 3. The predicted molar refractivity (Wildman–Crippen MR) is 79.2 cm³/mol. The van der Waals surface area contributed by atoms with E-state index in [1.54, 1.807) is 28.9 Å². The van der Waals surface area contributed by atoms with E-state index in [9.17, 15) is 13.2 Å². The Kier molecular flexibility index (Phi) is 3.71. The molecule has 3 rings (SSSR count). The molecule has 0 aliphatic rings. The number of ether oxygens (including phenoxy) is 1. The summed E-state index contributed by atoms with van der Waals surface area (Å²) < 4.78 is 45.2. The summed E-state index contributed by atoms with van der Waals surface area (Å²) in [6.45, 7) is 2.08. The lowest BCUT2D eigenvalue weighted by Gasteiger charge is -2.13. The van der Waals surface area contributed by atoms with Gasteiger partial charge < -0.3 is 4.74 Å². The van der Waals surface area contributed by atoms with Crippen molar-refractivity contribution in [1.29, 1.82) is 0 Å². The van der Waals surface area contributed by atoms with E-state index in [0.29, 0.717) is 18.1 Å². The first-order chi connectivity index (χ1) is 10.8. The van der Waals surface area contributed by atoms with Crippen molar-refractivity contribution in [2.24, 2.45) is 0 Å². The molecule has 0 bridgehead atoms. The molecule has 0 saturated heterocycles. The fraction of sp³-hybridized carbons (Fsp3) is 0.250. The van der Waals surface area contributed by atoms with Crippen molar-refractivity contribution >= 4 is 5.65 Å². The summed E-state index contributed by atoms with van der Waals surface area (Å²) in [4.78, 5) is 8.23. The molecule has 1 unspecified atom stereocenters. The third kappa shape index (κ3) is 3.28. The van der Waals surface area contributed by atoms with E-state index in [-0.39, 0.29) is 11.6 Å². The number of rotatable bonds is 4. The smallest absolute Gasteiger partial charge is 0.394 e.